The minimum atomic E-state index is -0.212. The van der Waals surface area contributed by atoms with Crippen molar-refractivity contribution in [3.8, 4) is 0 Å². The van der Waals surface area contributed by atoms with Gasteiger partial charge >= 0.3 is 4.87 Å². The third kappa shape index (κ3) is 3.82. The monoisotopic (exact) mass is 319 g/mol. The highest BCUT2D eigenvalue weighted by Gasteiger charge is 2.08. The number of aryl methyl sites for hydroxylation is 1. The fraction of sp³-hybridized carbons (Fsp3) is 0.267. The fourth-order valence-electron chi connectivity index (χ4n) is 1.99. The van der Waals surface area contributed by atoms with Crippen LogP contribution in [0.1, 0.15) is 22.5 Å². The lowest BCUT2D eigenvalue weighted by atomic mass is 10.2. The number of nitrogens with one attached hydrogen (secondary N) is 2. The molecule has 1 aromatic heterocycles. The maximum Gasteiger partial charge on any atom is 0.307 e. The summed E-state index contributed by atoms with van der Waals surface area (Å²) in [5.74, 6) is -0.414. The van der Waals surface area contributed by atoms with Crippen LogP contribution in [0.15, 0.2) is 34.4 Å². The molecule has 0 saturated carbocycles. The first-order chi connectivity index (χ1) is 10.5. The first-order valence-electron chi connectivity index (χ1n) is 6.78. The minimum absolute atomic E-state index is 0.0630. The van der Waals surface area contributed by atoms with Crippen molar-refractivity contribution in [1.29, 1.82) is 0 Å². The van der Waals surface area contributed by atoms with Gasteiger partial charge in [-0.25, -0.2) is 0 Å². The second-order valence-corrected chi connectivity index (χ2v) is 5.57. The Morgan fingerprint density at radius 2 is 2.09 bits per heavy atom. The van der Waals surface area contributed by atoms with E-state index in [1.165, 1.54) is 0 Å². The molecule has 0 atom stereocenters. The van der Waals surface area contributed by atoms with E-state index >= 15 is 0 Å². The molecule has 0 radical (unpaired) electrons. The summed E-state index contributed by atoms with van der Waals surface area (Å²) >= 11 is 1.13. The number of carbonyl (C=O) groups excluding carboxylic acids is 2. The summed E-state index contributed by atoms with van der Waals surface area (Å²) in [5.41, 5.74) is 1.88. The van der Waals surface area contributed by atoms with Gasteiger partial charge in [-0.05, 0) is 25.1 Å². The zero-order chi connectivity index (χ0) is 16.1. The van der Waals surface area contributed by atoms with E-state index in [4.69, 9.17) is 0 Å². The third-order valence-electron chi connectivity index (χ3n) is 3.17. The Labute approximate surface area is 131 Å². The lowest BCUT2D eigenvalue weighted by molar-refractivity contribution is -0.116. The zero-order valence-electron chi connectivity index (χ0n) is 12.4. The molecule has 0 saturated heterocycles. The summed E-state index contributed by atoms with van der Waals surface area (Å²) in [6.45, 7) is 2.18. The summed E-state index contributed by atoms with van der Waals surface area (Å²) in [6, 6.07) is 6.70. The lowest BCUT2D eigenvalue weighted by Gasteiger charge is -2.08. The largest absolute Gasteiger partial charge is 0.355 e. The normalized spacial score (nSPS) is 10.3. The first-order valence-corrected chi connectivity index (χ1v) is 7.66. The van der Waals surface area contributed by atoms with E-state index in [0.29, 0.717) is 17.8 Å². The molecule has 22 heavy (non-hydrogen) atoms. The van der Waals surface area contributed by atoms with Gasteiger partial charge in [-0.1, -0.05) is 17.4 Å². The van der Waals surface area contributed by atoms with Crippen molar-refractivity contribution in [1.82, 2.24) is 9.88 Å². The molecule has 1 heterocycles. The number of carbonyl (C=O) groups is 2. The molecule has 0 bridgehead atoms. The van der Waals surface area contributed by atoms with Gasteiger partial charge in [-0.15, -0.1) is 0 Å². The smallest absolute Gasteiger partial charge is 0.307 e. The quantitative estimate of drug-likeness (QED) is 0.878. The lowest BCUT2D eigenvalue weighted by Crippen LogP contribution is -2.21. The number of hydrogen-bond donors (Lipinski definition) is 2. The summed E-state index contributed by atoms with van der Waals surface area (Å²) in [5, 5.41) is 7.03. The van der Waals surface area contributed by atoms with Crippen molar-refractivity contribution in [2.75, 3.05) is 12.4 Å². The van der Waals surface area contributed by atoms with Crippen molar-refractivity contribution >= 4 is 28.8 Å². The number of rotatable bonds is 5. The van der Waals surface area contributed by atoms with Crippen LogP contribution in [0.25, 0.3) is 0 Å². The number of nitrogens with zero attached hydrogens (tertiary/aromatic N) is 1. The number of aromatic nitrogens is 1. The van der Waals surface area contributed by atoms with Crippen LogP contribution in [0.3, 0.4) is 0 Å². The van der Waals surface area contributed by atoms with Crippen LogP contribution in [0.4, 0.5) is 5.69 Å². The predicted molar refractivity (Wildman–Crippen MR) is 86.4 cm³/mol. The van der Waals surface area contributed by atoms with Crippen molar-refractivity contribution in [2.24, 2.45) is 0 Å². The van der Waals surface area contributed by atoms with Gasteiger partial charge in [-0.3, -0.25) is 14.4 Å². The number of hydrogen-bond acceptors (Lipinski definition) is 4. The number of anilines is 1. The fourth-order valence-corrected chi connectivity index (χ4v) is 2.76. The predicted octanol–water partition coefficient (Wildman–Crippen LogP) is 1.61. The number of benzene rings is 1. The zero-order valence-corrected chi connectivity index (χ0v) is 13.2. The summed E-state index contributed by atoms with van der Waals surface area (Å²) < 4.78 is 1.57. The molecule has 0 unspecified atom stereocenters. The molecule has 0 aliphatic rings. The Morgan fingerprint density at radius 1 is 1.32 bits per heavy atom. The number of amides is 2. The average Bonchev–Trinajstić information content (AvgIpc) is 2.83. The molecule has 0 fully saturated rings. The first kappa shape index (κ1) is 16.0. The Bertz CT molecular complexity index is 748. The van der Waals surface area contributed by atoms with E-state index in [-0.39, 0.29) is 23.1 Å². The van der Waals surface area contributed by atoms with Crippen LogP contribution < -0.4 is 15.5 Å². The molecule has 6 nitrogen and oxygen atoms in total. The Kier molecular flexibility index (Phi) is 5.11. The van der Waals surface area contributed by atoms with Crippen molar-refractivity contribution in [3.63, 3.8) is 0 Å². The van der Waals surface area contributed by atoms with Gasteiger partial charge in [0.05, 0.1) is 0 Å². The van der Waals surface area contributed by atoms with Crippen molar-refractivity contribution < 1.29 is 9.59 Å². The van der Waals surface area contributed by atoms with Crippen LogP contribution >= 0.6 is 11.3 Å². The van der Waals surface area contributed by atoms with Crippen molar-refractivity contribution in [3.05, 3.63) is 50.6 Å². The molecular formula is C15H17N3O3S. The molecule has 0 aliphatic carbocycles. The molecular weight excluding hydrogens is 302 g/mol. The molecule has 116 valence electrons. The van der Waals surface area contributed by atoms with Gasteiger partial charge in [0, 0.05) is 42.3 Å². The van der Waals surface area contributed by atoms with Crippen LogP contribution in [-0.4, -0.2) is 23.4 Å². The maximum absolute atomic E-state index is 12.0. The summed E-state index contributed by atoms with van der Waals surface area (Å²) in [7, 11) is 1.55. The highest BCUT2D eigenvalue weighted by molar-refractivity contribution is 7.07. The third-order valence-corrected chi connectivity index (χ3v) is 4.06. The van der Waals surface area contributed by atoms with Gasteiger partial charge in [0.15, 0.2) is 0 Å². The van der Waals surface area contributed by atoms with Crippen molar-refractivity contribution in [2.45, 2.75) is 19.9 Å². The van der Waals surface area contributed by atoms with Gasteiger partial charge in [0.1, 0.15) is 0 Å². The molecule has 7 heteroatoms. The number of thiazole rings is 1. The van der Waals surface area contributed by atoms with E-state index in [1.807, 2.05) is 6.92 Å². The second kappa shape index (κ2) is 7.04. The average molecular weight is 319 g/mol. The van der Waals surface area contributed by atoms with Gasteiger partial charge < -0.3 is 15.2 Å². The van der Waals surface area contributed by atoms with Gasteiger partial charge in [0.2, 0.25) is 5.91 Å². The standard InChI is InChI=1S/C15H17N3O3S/c1-10-9-22-15(21)18(10)7-6-13(19)17-12-5-3-4-11(8-12)14(20)16-2/h3-5,8-9H,6-7H2,1-2H3,(H,16,20)(H,17,19). The van der Waals surface area contributed by atoms with Crippen LogP contribution in [-0.2, 0) is 11.3 Å². The molecule has 0 aliphatic heterocycles. The highest BCUT2D eigenvalue weighted by Crippen LogP contribution is 2.11. The van der Waals surface area contributed by atoms with Crippen LogP contribution in [0, 0.1) is 6.92 Å². The Hall–Kier alpha value is -2.41. The summed E-state index contributed by atoms with van der Waals surface area (Å²) in [4.78, 5) is 35.0. The Morgan fingerprint density at radius 3 is 2.73 bits per heavy atom. The maximum atomic E-state index is 12.0. The molecule has 2 aromatic rings. The minimum Gasteiger partial charge on any atom is -0.355 e. The summed E-state index contributed by atoms with van der Waals surface area (Å²) in [6.07, 6.45) is 0.196. The SMILES string of the molecule is CNC(=O)c1cccc(NC(=O)CCn2c(C)csc2=O)c1. The van der Waals surface area contributed by atoms with Gasteiger partial charge in [-0.2, -0.15) is 0 Å². The molecule has 2 rings (SSSR count). The molecule has 0 spiro atoms. The topological polar surface area (TPSA) is 80.2 Å². The second-order valence-electron chi connectivity index (χ2n) is 4.75. The molecule has 2 N–H and O–H groups in total. The molecule has 1 aromatic carbocycles. The van der Waals surface area contributed by atoms with E-state index in [1.54, 1.807) is 41.3 Å². The van der Waals surface area contributed by atoms with Crippen LogP contribution in [0.2, 0.25) is 0 Å². The highest BCUT2D eigenvalue weighted by atomic mass is 32.1. The molecule has 2 amide bonds. The van der Waals surface area contributed by atoms with Crippen LogP contribution in [0.5, 0.6) is 0 Å². The van der Waals surface area contributed by atoms with E-state index in [9.17, 15) is 14.4 Å². The van der Waals surface area contributed by atoms with E-state index in [2.05, 4.69) is 10.6 Å². The van der Waals surface area contributed by atoms with E-state index < -0.39 is 0 Å². The van der Waals surface area contributed by atoms with Gasteiger partial charge in [0.25, 0.3) is 5.91 Å². The van der Waals surface area contributed by atoms with E-state index in [0.717, 1.165) is 17.0 Å². The Balaban J connectivity index is 1.98.